The first kappa shape index (κ1) is 12.0. The van der Waals surface area contributed by atoms with E-state index in [1.54, 1.807) is 6.20 Å². The van der Waals surface area contributed by atoms with E-state index in [9.17, 15) is 4.79 Å². The zero-order valence-electron chi connectivity index (χ0n) is 9.50. The maximum atomic E-state index is 11.5. The molecule has 0 aliphatic carbocycles. The summed E-state index contributed by atoms with van der Waals surface area (Å²) in [6.45, 7) is 1.26. The molecule has 0 saturated carbocycles. The Morgan fingerprint density at radius 1 is 1.71 bits per heavy atom. The van der Waals surface area contributed by atoms with Gasteiger partial charge in [-0.1, -0.05) is 5.21 Å². The summed E-state index contributed by atoms with van der Waals surface area (Å²) in [7, 11) is 0. The highest BCUT2D eigenvalue weighted by Crippen LogP contribution is 2.10. The molecule has 1 aliphatic rings. The van der Waals surface area contributed by atoms with Gasteiger partial charge < -0.3 is 15.2 Å². The Kier molecular flexibility index (Phi) is 4.05. The second-order valence-corrected chi connectivity index (χ2v) is 4.00. The molecule has 2 rings (SSSR count). The lowest BCUT2D eigenvalue weighted by molar-refractivity contribution is -0.122. The van der Waals surface area contributed by atoms with E-state index in [0.717, 1.165) is 19.4 Å². The number of amides is 1. The molecule has 0 aromatic carbocycles. The number of nitrogens with one attached hydrogen (secondary N) is 1. The van der Waals surface area contributed by atoms with Gasteiger partial charge in [-0.05, 0) is 12.8 Å². The molecule has 1 aromatic heterocycles. The van der Waals surface area contributed by atoms with Crippen molar-refractivity contribution >= 4 is 5.91 Å². The van der Waals surface area contributed by atoms with E-state index >= 15 is 0 Å². The van der Waals surface area contributed by atoms with Gasteiger partial charge in [-0.3, -0.25) is 4.79 Å². The number of nitrogens with zero attached hydrogens (tertiary/aromatic N) is 3. The van der Waals surface area contributed by atoms with Gasteiger partial charge in [0.1, 0.15) is 12.2 Å². The van der Waals surface area contributed by atoms with Crippen LogP contribution in [-0.2, 0) is 22.7 Å². The van der Waals surface area contributed by atoms with Gasteiger partial charge in [0.15, 0.2) is 0 Å². The van der Waals surface area contributed by atoms with Crippen LogP contribution in [0.1, 0.15) is 18.5 Å². The fraction of sp³-hybridized carbons (Fsp3) is 0.700. The zero-order chi connectivity index (χ0) is 12.1. The number of carbonyl (C=O) groups is 1. The molecule has 1 unspecified atom stereocenters. The lowest BCUT2D eigenvalue weighted by Gasteiger charge is -2.10. The topological polar surface area (TPSA) is 89.3 Å². The molecule has 0 radical (unpaired) electrons. The summed E-state index contributed by atoms with van der Waals surface area (Å²) in [5.74, 6) is -0.130. The van der Waals surface area contributed by atoms with Crippen molar-refractivity contribution < 1.29 is 14.6 Å². The third kappa shape index (κ3) is 3.50. The van der Waals surface area contributed by atoms with E-state index in [1.165, 1.54) is 4.68 Å². The molecule has 17 heavy (non-hydrogen) atoms. The van der Waals surface area contributed by atoms with E-state index in [1.807, 2.05) is 0 Å². The van der Waals surface area contributed by atoms with Crippen LogP contribution in [0.5, 0.6) is 0 Å². The van der Waals surface area contributed by atoms with Crippen molar-refractivity contribution in [1.82, 2.24) is 20.3 Å². The SMILES string of the molecule is O=C(Cn1cc(CO)nn1)NCC1CCCO1. The molecule has 2 heterocycles. The Labute approximate surface area is 98.8 Å². The van der Waals surface area contributed by atoms with Crippen LogP contribution in [0.15, 0.2) is 6.20 Å². The first-order chi connectivity index (χ1) is 8.28. The minimum Gasteiger partial charge on any atom is -0.390 e. The summed E-state index contributed by atoms with van der Waals surface area (Å²) >= 11 is 0. The fourth-order valence-corrected chi connectivity index (χ4v) is 1.72. The summed E-state index contributed by atoms with van der Waals surface area (Å²) in [6, 6.07) is 0. The molecular formula is C10H16N4O3. The van der Waals surface area contributed by atoms with E-state index in [0.29, 0.717) is 12.2 Å². The third-order valence-electron chi connectivity index (χ3n) is 2.60. The van der Waals surface area contributed by atoms with Crippen LogP contribution in [-0.4, -0.2) is 45.3 Å². The lowest BCUT2D eigenvalue weighted by Crippen LogP contribution is -2.34. The van der Waals surface area contributed by atoms with Crippen LogP contribution in [0, 0.1) is 0 Å². The highest BCUT2D eigenvalue weighted by molar-refractivity contribution is 5.75. The monoisotopic (exact) mass is 240 g/mol. The maximum absolute atomic E-state index is 11.5. The molecule has 1 saturated heterocycles. The Hall–Kier alpha value is -1.47. The summed E-state index contributed by atoms with van der Waals surface area (Å²) in [5.41, 5.74) is 0.455. The van der Waals surface area contributed by atoms with E-state index in [4.69, 9.17) is 9.84 Å². The molecule has 1 aromatic rings. The molecule has 94 valence electrons. The van der Waals surface area contributed by atoms with Crippen LogP contribution in [0.4, 0.5) is 0 Å². The summed E-state index contributed by atoms with van der Waals surface area (Å²) in [6.07, 6.45) is 3.75. The molecular weight excluding hydrogens is 224 g/mol. The Bertz CT molecular complexity index is 373. The Morgan fingerprint density at radius 2 is 2.59 bits per heavy atom. The normalized spacial score (nSPS) is 19.5. The van der Waals surface area contributed by atoms with Gasteiger partial charge >= 0.3 is 0 Å². The van der Waals surface area contributed by atoms with Crippen molar-refractivity contribution in [2.24, 2.45) is 0 Å². The van der Waals surface area contributed by atoms with Crippen LogP contribution >= 0.6 is 0 Å². The molecule has 1 fully saturated rings. The van der Waals surface area contributed by atoms with Gasteiger partial charge in [0, 0.05) is 13.2 Å². The van der Waals surface area contributed by atoms with Crippen LogP contribution in [0.2, 0.25) is 0 Å². The Balaban J connectivity index is 1.72. The molecule has 1 amide bonds. The first-order valence-electron chi connectivity index (χ1n) is 5.66. The number of hydrogen-bond acceptors (Lipinski definition) is 5. The molecule has 1 atom stereocenters. The summed E-state index contributed by atoms with van der Waals surface area (Å²) in [5, 5.41) is 19.0. The first-order valence-corrected chi connectivity index (χ1v) is 5.66. The molecule has 0 bridgehead atoms. The average Bonchev–Trinajstić information content (AvgIpc) is 2.97. The molecule has 7 nitrogen and oxygen atoms in total. The predicted molar refractivity (Wildman–Crippen MR) is 57.9 cm³/mol. The predicted octanol–water partition coefficient (Wildman–Crippen LogP) is -0.934. The van der Waals surface area contributed by atoms with Gasteiger partial charge in [-0.15, -0.1) is 5.10 Å². The average molecular weight is 240 g/mol. The second-order valence-electron chi connectivity index (χ2n) is 4.00. The number of ether oxygens (including phenoxy) is 1. The third-order valence-corrected chi connectivity index (χ3v) is 2.60. The summed E-state index contributed by atoms with van der Waals surface area (Å²) < 4.78 is 6.79. The van der Waals surface area contributed by atoms with E-state index in [2.05, 4.69) is 15.6 Å². The highest BCUT2D eigenvalue weighted by atomic mass is 16.5. The van der Waals surface area contributed by atoms with Gasteiger partial charge in [0.25, 0.3) is 0 Å². The highest BCUT2D eigenvalue weighted by Gasteiger charge is 2.16. The van der Waals surface area contributed by atoms with Crippen molar-refractivity contribution in [1.29, 1.82) is 0 Å². The lowest BCUT2D eigenvalue weighted by atomic mass is 10.2. The zero-order valence-corrected chi connectivity index (χ0v) is 9.50. The van der Waals surface area contributed by atoms with Crippen molar-refractivity contribution in [2.75, 3.05) is 13.2 Å². The van der Waals surface area contributed by atoms with Gasteiger partial charge in [0.05, 0.1) is 18.9 Å². The second kappa shape index (κ2) is 5.74. The molecule has 7 heteroatoms. The van der Waals surface area contributed by atoms with Crippen molar-refractivity contribution in [3.63, 3.8) is 0 Å². The van der Waals surface area contributed by atoms with Crippen molar-refractivity contribution in [3.05, 3.63) is 11.9 Å². The van der Waals surface area contributed by atoms with Gasteiger partial charge in [-0.2, -0.15) is 0 Å². The number of aliphatic hydroxyl groups excluding tert-OH is 1. The number of aromatic nitrogens is 3. The minimum atomic E-state index is -0.169. The minimum absolute atomic E-state index is 0.111. The smallest absolute Gasteiger partial charge is 0.241 e. The number of carbonyl (C=O) groups excluding carboxylic acids is 1. The van der Waals surface area contributed by atoms with Crippen molar-refractivity contribution in [3.8, 4) is 0 Å². The largest absolute Gasteiger partial charge is 0.390 e. The molecule has 0 spiro atoms. The van der Waals surface area contributed by atoms with E-state index in [-0.39, 0.29) is 25.2 Å². The van der Waals surface area contributed by atoms with Gasteiger partial charge in [0.2, 0.25) is 5.91 Å². The Morgan fingerprint density at radius 3 is 3.24 bits per heavy atom. The number of aliphatic hydroxyl groups is 1. The van der Waals surface area contributed by atoms with Crippen LogP contribution in [0.25, 0.3) is 0 Å². The summed E-state index contributed by atoms with van der Waals surface area (Å²) in [4.78, 5) is 11.5. The standard InChI is InChI=1S/C10H16N4O3/c15-7-8-5-14(13-12-8)6-10(16)11-4-9-2-1-3-17-9/h5,9,15H,1-4,6-7H2,(H,11,16). The maximum Gasteiger partial charge on any atom is 0.241 e. The number of rotatable bonds is 5. The quantitative estimate of drug-likeness (QED) is 0.693. The van der Waals surface area contributed by atoms with Crippen LogP contribution in [0.3, 0.4) is 0 Å². The molecule has 2 N–H and O–H groups in total. The van der Waals surface area contributed by atoms with Crippen molar-refractivity contribution in [2.45, 2.75) is 32.1 Å². The van der Waals surface area contributed by atoms with Gasteiger partial charge in [-0.25, -0.2) is 4.68 Å². The van der Waals surface area contributed by atoms with Crippen LogP contribution < -0.4 is 5.32 Å². The van der Waals surface area contributed by atoms with E-state index < -0.39 is 0 Å². The molecule has 1 aliphatic heterocycles. The number of hydrogen-bond donors (Lipinski definition) is 2. The fourth-order valence-electron chi connectivity index (χ4n) is 1.72.